The highest BCUT2D eigenvalue weighted by molar-refractivity contribution is 5.87. The Balaban J connectivity index is 1.80. The molecule has 5 nitrogen and oxygen atoms in total. The van der Waals surface area contributed by atoms with E-state index in [1.54, 1.807) is 4.90 Å². The summed E-state index contributed by atoms with van der Waals surface area (Å²) in [5.74, 6) is -1.89. The second-order valence-corrected chi connectivity index (χ2v) is 5.56. The number of nitrogens with zero attached hydrogens (tertiary/aromatic N) is 1. The Morgan fingerprint density at radius 1 is 1.17 bits per heavy atom. The number of rotatable bonds is 2. The summed E-state index contributed by atoms with van der Waals surface area (Å²) in [4.78, 5) is 25.4. The molecular weight excluding hydrogens is 234 g/mol. The minimum atomic E-state index is -0.870. The van der Waals surface area contributed by atoms with Gasteiger partial charge in [0.25, 0.3) is 0 Å². The molecule has 1 aliphatic heterocycles. The van der Waals surface area contributed by atoms with Crippen LogP contribution in [-0.4, -0.2) is 46.2 Å². The van der Waals surface area contributed by atoms with Gasteiger partial charge in [0.2, 0.25) is 5.91 Å². The molecule has 0 radical (unpaired) electrons. The number of aliphatic hydroxyl groups is 1. The van der Waals surface area contributed by atoms with E-state index in [1.807, 2.05) is 12.2 Å². The van der Waals surface area contributed by atoms with E-state index in [-0.39, 0.29) is 17.7 Å². The first-order valence-electron chi connectivity index (χ1n) is 6.46. The first-order chi connectivity index (χ1) is 8.58. The van der Waals surface area contributed by atoms with E-state index < -0.39 is 23.9 Å². The summed E-state index contributed by atoms with van der Waals surface area (Å²) in [5.41, 5.74) is 0. The number of carboxylic acid groups (broad SMARTS) is 1. The molecule has 2 aliphatic carbocycles. The molecule has 98 valence electrons. The third kappa shape index (κ3) is 1.65. The molecule has 0 spiro atoms. The van der Waals surface area contributed by atoms with Crippen molar-refractivity contribution in [3.8, 4) is 0 Å². The number of hydrogen-bond donors (Lipinski definition) is 2. The molecule has 3 rings (SSSR count). The van der Waals surface area contributed by atoms with Gasteiger partial charge in [-0.3, -0.25) is 9.59 Å². The lowest BCUT2D eigenvalue weighted by Gasteiger charge is -2.28. The summed E-state index contributed by atoms with van der Waals surface area (Å²) < 4.78 is 0. The van der Waals surface area contributed by atoms with Crippen LogP contribution >= 0.6 is 0 Å². The first kappa shape index (κ1) is 11.7. The van der Waals surface area contributed by atoms with Crippen LogP contribution in [-0.2, 0) is 9.59 Å². The van der Waals surface area contributed by atoms with Crippen LogP contribution in [0.25, 0.3) is 0 Å². The summed E-state index contributed by atoms with van der Waals surface area (Å²) >= 11 is 0. The van der Waals surface area contributed by atoms with Crippen molar-refractivity contribution in [3.05, 3.63) is 12.2 Å². The quantitative estimate of drug-likeness (QED) is 0.682. The Morgan fingerprint density at radius 3 is 2.39 bits per heavy atom. The van der Waals surface area contributed by atoms with Crippen LogP contribution < -0.4 is 0 Å². The SMILES string of the molecule is O=C(O)C1C2C=CC(C2)C1C(=O)N1CCC(O)C1. The van der Waals surface area contributed by atoms with E-state index in [0.717, 1.165) is 6.42 Å². The van der Waals surface area contributed by atoms with Gasteiger partial charge in [0.1, 0.15) is 0 Å². The largest absolute Gasteiger partial charge is 0.481 e. The molecule has 2 N–H and O–H groups in total. The fourth-order valence-electron chi connectivity index (χ4n) is 3.65. The summed E-state index contributed by atoms with van der Waals surface area (Å²) in [5, 5.41) is 18.8. The zero-order chi connectivity index (χ0) is 12.9. The van der Waals surface area contributed by atoms with E-state index >= 15 is 0 Å². The summed E-state index contributed by atoms with van der Waals surface area (Å²) in [6, 6.07) is 0. The average Bonchev–Trinajstić information content (AvgIpc) is 3.01. The Labute approximate surface area is 105 Å². The van der Waals surface area contributed by atoms with E-state index in [4.69, 9.17) is 0 Å². The summed E-state index contributed by atoms with van der Waals surface area (Å²) in [7, 11) is 0. The monoisotopic (exact) mass is 251 g/mol. The van der Waals surface area contributed by atoms with E-state index in [9.17, 15) is 19.8 Å². The van der Waals surface area contributed by atoms with Crippen molar-refractivity contribution in [2.24, 2.45) is 23.7 Å². The maximum Gasteiger partial charge on any atom is 0.307 e. The molecule has 1 heterocycles. The zero-order valence-electron chi connectivity index (χ0n) is 10.0. The topological polar surface area (TPSA) is 77.8 Å². The van der Waals surface area contributed by atoms with Crippen LogP contribution in [0.3, 0.4) is 0 Å². The predicted molar refractivity (Wildman–Crippen MR) is 62.6 cm³/mol. The van der Waals surface area contributed by atoms with E-state index in [0.29, 0.717) is 19.5 Å². The lowest BCUT2D eigenvalue weighted by atomic mass is 9.82. The number of hydrogen-bond acceptors (Lipinski definition) is 3. The highest BCUT2D eigenvalue weighted by atomic mass is 16.4. The number of fused-ring (bicyclic) bond motifs is 2. The van der Waals surface area contributed by atoms with Crippen molar-refractivity contribution in [3.63, 3.8) is 0 Å². The van der Waals surface area contributed by atoms with Crippen molar-refractivity contribution < 1.29 is 19.8 Å². The molecule has 2 bridgehead atoms. The van der Waals surface area contributed by atoms with Crippen molar-refractivity contribution in [2.45, 2.75) is 18.9 Å². The number of aliphatic hydroxyl groups excluding tert-OH is 1. The van der Waals surface area contributed by atoms with Gasteiger partial charge < -0.3 is 15.1 Å². The number of carbonyl (C=O) groups is 2. The highest BCUT2D eigenvalue weighted by Gasteiger charge is 2.52. The second-order valence-electron chi connectivity index (χ2n) is 5.56. The molecule has 1 saturated carbocycles. The van der Waals surface area contributed by atoms with Gasteiger partial charge in [-0.25, -0.2) is 0 Å². The number of allylic oxidation sites excluding steroid dienone is 2. The molecule has 0 aromatic heterocycles. The van der Waals surface area contributed by atoms with Crippen molar-refractivity contribution in [1.82, 2.24) is 4.90 Å². The Kier molecular flexibility index (Phi) is 2.66. The normalized spacial score (nSPS) is 41.6. The van der Waals surface area contributed by atoms with Crippen LogP contribution in [0.4, 0.5) is 0 Å². The molecule has 2 fully saturated rings. The molecule has 3 aliphatic rings. The molecule has 1 saturated heterocycles. The maximum absolute atomic E-state index is 12.4. The fraction of sp³-hybridized carbons (Fsp3) is 0.692. The van der Waals surface area contributed by atoms with Crippen molar-refractivity contribution in [2.75, 3.05) is 13.1 Å². The van der Waals surface area contributed by atoms with Crippen LogP contribution in [0.2, 0.25) is 0 Å². The number of likely N-dealkylation sites (tertiary alicyclic amines) is 1. The third-order valence-electron chi connectivity index (χ3n) is 4.50. The molecule has 5 atom stereocenters. The number of carbonyl (C=O) groups excluding carboxylic acids is 1. The van der Waals surface area contributed by atoms with Crippen LogP contribution in [0, 0.1) is 23.7 Å². The lowest BCUT2D eigenvalue weighted by Crippen LogP contribution is -2.42. The van der Waals surface area contributed by atoms with Gasteiger partial charge >= 0.3 is 5.97 Å². The molecule has 18 heavy (non-hydrogen) atoms. The van der Waals surface area contributed by atoms with Gasteiger partial charge in [-0.15, -0.1) is 0 Å². The molecular formula is C13H17NO4. The second kappa shape index (κ2) is 4.09. The smallest absolute Gasteiger partial charge is 0.307 e. The third-order valence-corrected chi connectivity index (χ3v) is 4.50. The van der Waals surface area contributed by atoms with Gasteiger partial charge in [0.15, 0.2) is 0 Å². The lowest BCUT2D eigenvalue weighted by molar-refractivity contribution is -0.150. The van der Waals surface area contributed by atoms with Gasteiger partial charge in [0, 0.05) is 13.1 Å². The molecule has 0 aromatic rings. The van der Waals surface area contributed by atoms with Crippen molar-refractivity contribution >= 4 is 11.9 Å². The Morgan fingerprint density at radius 2 is 1.83 bits per heavy atom. The number of β-amino-alcohol motifs (C(OH)–C–C–N with tert-alkyl or cyclic N) is 1. The minimum Gasteiger partial charge on any atom is -0.481 e. The molecule has 5 heteroatoms. The van der Waals surface area contributed by atoms with Gasteiger partial charge in [-0.2, -0.15) is 0 Å². The predicted octanol–water partition coefficient (Wildman–Crippen LogP) is 0.102. The summed E-state index contributed by atoms with van der Waals surface area (Å²) in [6.45, 7) is 0.896. The Hall–Kier alpha value is -1.36. The van der Waals surface area contributed by atoms with Crippen molar-refractivity contribution in [1.29, 1.82) is 0 Å². The highest BCUT2D eigenvalue weighted by Crippen LogP contribution is 2.48. The van der Waals surface area contributed by atoms with Gasteiger partial charge in [0.05, 0.1) is 17.9 Å². The number of amides is 1. The minimum absolute atomic E-state index is 0.00831. The van der Waals surface area contributed by atoms with Gasteiger partial charge in [-0.05, 0) is 24.7 Å². The number of carboxylic acids is 1. The fourth-order valence-corrected chi connectivity index (χ4v) is 3.65. The number of aliphatic carboxylic acids is 1. The van der Waals surface area contributed by atoms with Crippen LogP contribution in [0.1, 0.15) is 12.8 Å². The molecule has 0 aromatic carbocycles. The van der Waals surface area contributed by atoms with Crippen LogP contribution in [0.5, 0.6) is 0 Å². The Bertz CT molecular complexity index is 419. The molecule has 5 unspecified atom stereocenters. The zero-order valence-corrected chi connectivity index (χ0v) is 10.0. The van der Waals surface area contributed by atoms with Crippen LogP contribution in [0.15, 0.2) is 12.2 Å². The maximum atomic E-state index is 12.4. The average molecular weight is 251 g/mol. The van der Waals surface area contributed by atoms with E-state index in [2.05, 4.69) is 0 Å². The molecule has 1 amide bonds. The summed E-state index contributed by atoms with van der Waals surface area (Å²) in [6.07, 6.45) is 4.85. The first-order valence-corrected chi connectivity index (χ1v) is 6.46. The van der Waals surface area contributed by atoms with E-state index in [1.165, 1.54) is 0 Å². The van der Waals surface area contributed by atoms with Gasteiger partial charge in [-0.1, -0.05) is 12.2 Å². The standard InChI is InChI=1S/C13H17NO4/c15-9-3-4-14(6-9)12(16)10-7-1-2-8(5-7)11(10)13(17)18/h1-2,7-11,15H,3-6H2,(H,17,18).